The van der Waals surface area contributed by atoms with Crippen molar-refractivity contribution in [2.45, 2.75) is 19.8 Å². The second-order valence-corrected chi connectivity index (χ2v) is 3.86. The molecule has 6 heteroatoms. The van der Waals surface area contributed by atoms with Gasteiger partial charge in [-0.05, 0) is 6.42 Å². The first-order valence-electron chi connectivity index (χ1n) is 2.85. The maximum absolute atomic E-state index is 9.54. The molecular weight excluding hydrogens is 285 g/mol. The molecule has 0 spiro atoms. The van der Waals surface area contributed by atoms with Gasteiger partial charge in [-0.1, -0.05) is 13.3 Å². The predicted octanol–water partition coefficient (Wildman–Crippen LogP) is 1.52. The number of ether oxygens (including phenoxy) is 1. The van der Waals surface area contributed by atoms with E-state index in [0.29, 0.717) is 0 Å². The van der Waals surface area contributed by atoms with Crippen molar-refractivity contribution < 1.29 is 30.6 Å². The normalized spacial score (nSPS) is 8.27. The van der Waals surface area contributed by atoms with E-state index in [-0.39, 0.29) is 22.5 Å². The third kappa shape index (κ3) is 25.1. The van der Waals surface area contributed by atoms with Crippen LogP contribution in [-0.2, 0) is 20.7 Å². The molecule has 0 heterocycles. The Labute approximate surface area is 82.1 Å². The third-order valence-electron chi connectivity index (χ3n) is 0.718. The zero-order valence-corrected chi connectivity index (χ0v) is 8.98. The molecular formula is C5H9Cl2O3Pd. The summed E-state index contributed by atoms with van der Waals surface area (Å²) in [5.74, 6) is 0. The fourth-order valence-electron chi connectivity index (χ4n) is 0.300. The van der Waals surface area contributed by atoms with Crippen molar-refractivity contribution in [2.24, 2.45) is 0 Å². The summed E-state index contributed by atoms with van der Waals surface area (Å²) in [6.07, 6.45) is 0.278. The SMILES string of the molecule is CCCCOC(=O)[O-].[Cl][Pd+][Cl]. The Balaban J connectivity index is 0. The molecule has 0 saturated heterocycles. The van der Waals surface area contributed by atoms with Crippen LogP contribution in [0.4, 0.5) is 4.79 Å². The minimum atomic E-state index is -1.43. The van der Waals surface area contributed by atoms with Crippen molar-refractivity contribution in [3.63, 3.8) is 0 Å². The molecule has 0 rings (SSSR count). The van der Waals surface area contributed by atoms with Gasteiger partial charge in [0.15, 0.2) is 0 Å². The number of hydrogen-bond donors (Lipinski definition) is 0. The molecule has 0 aromatic heterocycles. The Morgan fingerprint density at radius 3 is 2.36 bits per heavy atom. The van der Waals surface area contributed by atoms with Crippen molar-refractivity contribution in [1.29, 1.82) is 0 Å². The Morgan fingerprint density at radius 1 is 1.64 bits per heavy atom. The number of halogens is 2. The summed E-state index contributed by atoms with van der Waals surface area (Å²) in [5, 5.41) is 9.54. The van der Waals surface area contributed by atoms with E-state index in [1.54, 1.807) is 0 Å². The van der Waals surface area contributed by atoms with E-state index in [1.807, 2.05) is 6.92 Å². The second kappa shape index (κ2) is 13.1. The van der Waals surface area contributed by atoms with E-state index in [4.69, 9.17) is 19.1 Å². The average molecular weight is 294 g/mol. The maximum atomic E-state index is 9.54. The van der Waals surface area contributed by atoms with Gasteiger partial charge in [0.05, 0.1) is 0 Å². The summed E-state index contributed by atoms with van der Waals surface area (Å²) in [4.78, 5) is 9.54. The van der Waals surface area contributed by atoms with Gasteiger partial charge < -0.3 is 14.6 Å². The fourth-order valence-corrected chi connectivity index (χ4v) is 0.300. The Kier molecular flexibility index (Phi) is 16.8. The van der Waals surface area contributed by atoms with Crippen LogP contribution in [0.15, 0.2) is 0 Å². The zero-order valence-electron chi connectivity index (χ0n) is 5.92. The van der Waals surface area contributed by atoms with E-state index in [9.17, 15) is 9.90 Å². The average Bonchev–Trinajstić information content (AvgIpc) is 1.89. The molecule has 0 bridgehead atoms. The number of unbranched alkanes of at least 4 members (excludes halogenated alkanes) is 1. The molecule has 11 heavy (non-hydrogen) atoms. The molecule has 0 amide bonds. The number of carbonyl (C=O) groups excluding carboxylic acids is 1. The van der Waals surface area contributed by atoms with Crippen molar-refractivity contribution >= 4 is 25.2 Å². The van der Waals surface area contributed by atoms with Gasteiger partial charge in [-0.25, -0.2) is 0 Å². The van der Waals surface area contributed by atoms with Crippen LogP contribution >= 0.6 is 19.1 Å². The second-order valence-electron chi connectivity index (χ2n) is 1.50. The fraction of sp³-hybridized carbons (Fsp3) is 0.800. The Bertz CT molecular complexity index is 91.8. The summed E-state index contributed by atoms with van der Waals surface area (Å²) in [6, 6.07) is 0. The molecule has 0 aromatic carbocycles. The molecule has 0 aliphatic carbocycles. The summed E-state index contributed by atoms with van der Waals surface area (Å²) in [5.41, 5.74) is 0. The van der Waals surface area contributed by atoms with E-state index in [0.717, 1.165) is 12.8 Å². The first-order valence-corrected chi connectivity index (χ1v) is 6.85. The van der Waals surface area contributed by atoms with Crippen molar-refractivity contribution in [3.8, 4) is 0 Å². The minimum absolute atomic E-state index is 0.106. The summed E-state index contributed by atoms with van der Waals surface area (Å²) < 4.78 is 4.09. The van der Waals surface area contributed by atoms with Crippen molar-refractivity contribution in [2.75, 3.05) is 6.61 Å². The summed E-state index contributed by atoms with van der Waals surface area (Å²) in [6.45, 7) is 2.22. The molecule has 0 aliphatic heterocycles. The summed E-state index contributed by atoms with van der Waals surface area (Å²) >= 11 is -0.106. The molecule has 0 aromatic rings. The molecule has 0 unspecified atom stereocenters. The van der Waals surface area contributed by atoms with Crippen molar-refractivity contribution in [1.82, 2.24) is 0 Å². The van der Waals surface area contributed by atoms with Crippen LogP contribution in [0.2, 0.25) is 0 Å². The molecule has 0 aliphatic rings. The van der Waals surface area contributed by atoms with E-state index < -0.39 is 6.16 Å². The third-order valence-corrected chi connectivity index (χ3v) is 0.718. The molecule has 0 fully saturated rings. The van der Waals surface area contributed by atoms with Gasteiger partial charge in [-0.3, -0.25) is 0 Å². The predicted molar refractivity (Wildman–Crippen MR) is 38.0 cm³/mol. The van der Waals surface area contributed by atoms with Crippen LogP contribution in [0, 0.1) is 0 Å². The van der Waals surface area contributed by atoms with Gasteiger partial charge in [0.1, 0.15) is 0 Å². The van der Waals surface area contributed by atoms with Gasteiger partial charge >= 0.3 is 35.0 Å². The molecule has 0 N–H and O–H groups in total. The first kappa shape index (κ1) is 14.1. The molecule has 0 saturated carbocycles. The quantitative estimate of drug-likeness (QED) is 0.450. The van der Waals surface area contributed by atoms with E-state index in [2.05, 4.69) is 4.74 Å². The molecule has 3 nitrogen and oxygen atoms in total. The van der Waals surface area contributed by atoms with Gasteiger partial charge in [0.25, 0.3) is 6.16 Å². The van der Waals surface area contributed by atoms with Gasteiger partial charge in [-0.2, -0.15) is 0 Å². The molecule has 71 valence electrons. The number of hydrogen-bond acceptors (Lipinski definition) is 3. The van der Waals surface area contributed by atoms with Crippen LogP contribution in [-0.4, -0.2) is 12.8 Å². The van der Waals surface area contributed by atoms with Gasteiger partial charge in [0, 0.05) is 6.61 Å². The monoisotopic (exact) mass is 293 g/mol. The van der Waals surface area contributed by atoms with E-state index in [1.165, 1.54) is 0 Å². The van der Waals surface area contributed by atoms with Crippen LogP contribution in [0.1, 0.15) is 19.8 Å². The Morgan fingerprint density at radius 2 is 2.09 bits per heavy atom. The summed E-state index contributed by atoms with van der Waals surface area (Å²) in [7, 11) is 9.63. The van der Waals surface area contributed by atoms with Gasteiger partial charge in [0.2, 0.25) is 0 Å². The van der Waals surface area contributed by atoms with Crippen LogP contribution in [0.25, 0.3) is 0 Å². The first-order chi connectivity index (χ1) is 5.18. The number of carboxylic acid groups (broad SMARTS) is 1. The van der Waals surface area contributed by atoms with Crippen LogP contribution in [0.3, 0.4) is 0 Å². The van der Waals surface area contributed by atoms with Crippen molar-refractivity contribution in [3.05, 3.63) is 0 Å². The van der Waals surface area contributed by atoms with Gasteiger partial charge in [-0.15, -0.1) is 0 Å². The number of carbonyl (C=O) groups is 1. The van der Waals surface area contributed by atoms with E-state index >= 15 is 0 Å². The molecule has 0 radical (unpaired) electrons. The Hall–Kier alpha value is 0.512. The van der Waals surface area contributed by atoms with Crippen LogP contribution in [0.5, 0.6) is 0 Å². The topological polar surface area (TPSA) is 49.4 Å². The van der Waals surface area contributed by atoms with Crippen LogP contribution < -0.4 is 5.11 Å². The zero-order chi connectivity index (χ0) is 9.11. The molecule has 0 atom stereocenters. The standard InChI is InChI=1S/C5H10O3.2ClH.Pd/c1-2-3-4-8-5(6)7;;;/h2-4H2,1H3,(H,6,7);2*1H;/q;;;+3/p-3. The number of rotatable bonds is 3.